The fraction of sp³-hybridized carbons (Fsp3) is 0.895. The summed E-state index contributed by atoms with van der Waals surface area (Å²) in [6, 6.07) is -0.122. The molecule has 6 nitrogen and oxygen atoms in total. The summed E-state index contributed by atoms with van der Waals surface area (Å²) in [6.45, 7) is 6.41. The highest BCUT2D eigenvalue weighted by atomic mass is 16.5. The molecule has 0 aromatic carbocycles. The smallest absolute Gasteiger partial charge is 0.251 e. The highest BCUT2D eigenvalue weighted by Gasteiger charge is 2.32. The van der Waals surface area contributed by atoms with Crippen molar-refractivity contribution in [2.45, 2.75) is 64.0 Å². The van der Waals surface area contributed by atoms with Crippen molar-refractivity contribution < 1.29 is 14.3 Å². The zero-order chi connectivity index (χ0) is 17.6. The topological polar surface area (TPSA) is 61.9 Å². The minimum absolute atomic E-state index is 0.122. The minimum atomic E-state index is -0.234. The van der Waals surface area contributed by atoms with Crippen molar-refractivity contribution in [1.82, 2.24) is 15.1 Å². The lowest BCUT2D eigenvalue weighted by atomic mass is 9.89. The summed E-state index contributed by atoms with van der Waals surface area (Å²) in [5, 5.41) is 3.15. The van der Waals surface area contributed by atoms with Crippen LogP contribution in [-0.4, -0.2) is 73.1 Å². The Hall–Kier alpha value is -1.14. The number of hydrogen-bond donors (Lipinski definition) is 1. The molecular weight excluding hydrogens is 318 g/mol. The zero-order valence-corrected chi connectivity index (χ0v) is 15.5. The van der Waals surface area contributed by atoms with Crippen LogP contribution in [-0.2, 0) is 14.3 Å². The molecule has 6 heteroatoms. The Morgan fingerprint density at radius 3 is 2.40 bits per heavy atom. The van der Waals surface area contributed by atoms with Gasteiger partial charge in [0.25, 0.3) is 5.91 Å². The Morgan fingerprint density at radius 1 is 1.04 bits per heavy atom. The Kier molecular flexibility index (Phi) is 6.70. The second kappa shape index (κ2) is 8.99. The number of piperazine rings is 1. The van der Waals surface area contributed by atoms with Crippen LogP contribution in [0.3, 0.4) is 0 Å². The number of ether oxygens (including phenoxy) is 1. The second-order valence-corrected chi connectivity index (χ2v) is 7.79. The highest BCUT2D eigenvalue weighted by molar-refractivity contribution is 5.82. The van der Waals surface area contributed by atoms with E-state index in [1.54, 1.807) is 0 Å². The van der Waals surface area contributed by atoms with Crippen LogP contribution in [0.25, 0.3) is 0 Å². The summed E-state index contributed by atoms with van der Waals surface area (Å²) < 4.78 is 5.50. The van der Waals surface area contributed by atoms with E-state index in [0.717, 1.165) is 32.5 Å². The largest absolute Gasteiger partial charge is 0.368 e. The molecule has 1 saturated carbocycles. The summed E-state index contributed by atoms with van der Waals surface area (Å²) in [7, 11) is 0. The van der Waals surface area contributed by atoms with E-state index in [2.05, 4.69) is 10.2 Å². The van der Waals surface area contributed by atoms with Crippen molar-refractivity contribution in [3.63, 3.8) is 0 Å². The first-order chi connectivity index (χ1) is 12.1. The fourth-order valence-electron chi connectivity index (χ4n) is 4.26. The molecule has 3 aliphatic rings. The van der Waals surface area contributed by atoms with Crippen molar-refractivity contribution in [2.75, 3.05) is 39.3 Å². The van der Waals surface area contributed by atoms with E-state index in [4.69, 9.17) is 4.74 Å². The van der Waals surface area contributed by atoms with Gasteiger partial charge in [-0.2, -0.15) is 0 Å². The molecule has 3 rings (SSSR count). The predicted molar refractivity (Wildman–Crippen MR) is 96.2 cm³/mol. The molecule has 2 atom stereocenters. The van der Waals surface area contributed by atoms with E-state index >= 15 is 0 Å². The van der Waals surface area contributed by atoms with Gasteiger partial charge in [0.05, 0.1) is 6.04 Å². The van der Waals surface area contributed by atoms with Crippen LogP contribution in [0.2, 0.25) is 0 Å². The van der Waals surface area contributed by atoms with E-state index in [1.807, 2.05) is 11.8 Å². The van der Waals surface area contributed by atoms with Crippen LogP contribution in [0, 0.1) is 5.92 Å². The first kappa shape index (κ1) is 18.6. The van der Waals surface area contributed by atoms with E-state index in [9.17, 15) is 9.59 Å². The maximum Gasteiger partial charge on any atom is 0.251 e. The number of carbonyl (C=O) groups excluding carboxylic acids is 2. The van der Waals surface area contributed by atoms with Crippen molar-refractivity contribution in [3.8, 4) is 0 Å². The van der Waals surface area contributed by atoms with Gasteiger partial charge in [0.1, 0.15) is 6.10 Å². The predicted octanol–water partition coefficient (Wildman–Crippen LogP) is 1.39. The number of amides is 2. The number of nitrogens with zero attached hydrogens (tertiary/aromatic N) is 2. The van der Waals surface area contributed by atoms with Crippen LogP contribution in [0.15, 0.2) is 0 Å². The van der Waals surface area contributed by atoms with Gasteiger partial charge in [-0.3, -0.25) is 14.5 Å². The normalized spacial score (nSPS) is 27.2. The van der Waals surface area contributed by atoms with Crippen molar-refractivity contribution in [2.24, 2.45) is 5.92 Å². The summed E-state index contributed by atoms with van der Waals surface area (Å²) in [6.07, 6.45) is 8.04. The molecule has 2 amide bonds. The van der Waals surface area contributed by atoms with Gasteiger partial charge in [0.15, 0.2) is 0 Å². The van der Waals surface area contributed by atoms with E-state index in [0.29, 0.717) is 25.6 Å². The summed E-state index contributed by atoms with van der Waals surface area (Å²) in [5.74, 6) is 0.918. The van der Waals surface area contributed by atoms with E-state index in [1.165, 1.54) is 32.1 Å². The molecular formula is C19H33N3O3. The monoisotopic (exact) mass is 351 g/mol. The fourth-order valence-corrected chi connectivity index (χ4v) is 4.26. The molecule has 2 unspecified atom stereocenters. The Bertz CT molecular complexity index is 451. The van der Waals surface area contributed by atoms with Crippen LogP contribution in [0.1, 0.15) is 51.9 Å². The minimum Gasteiger partial charge on any atom is -0.368 e. The maximum absolute atomic E-state index is 12.5. The average Bonchev–Trinajstić information content (AvgIpc) is 3.20. The van der Waals surface area contributed by atoms with Gasteiger partial charge in [-0.25, -0.2) is 0 Å². The van der Waals surface area contributed by atoms with E-state index in [-0.39, 0.29) is 24.0 Å². The first-order valence-electron chi connectivity index (χ1n) is 10.1. The van der Waals surface area contributed by atoms with Gasteiger partial charge in [0, 0.05) is 39.3 Å². The molecule has 1 N–H and O–H groups in total. The maximum atomic E-state index is 12.5. The van der Waals surface area contributed by atoms with Gasteiger partial charge in [-0.15, -0.1) is 0 Å². The second-order valence-electron chi connectivity index (χ2n) is 7.79. The molecule has 0 bridgehead atoms. The van der Waals surface area contributed by atoms with Crippen molar-refractivity contribution >= 4 is 11.8 Å². The summed E-state index contributed by atoms with van der Waals surface area (Å²) >= 11 is 0. The lowest BCUT2D eigenvalue weighted by molar-refractivity contribution is -0.143. The van der Waals surface area contributed by atoms with Crippen molar-refractivity contribution in [1.29, 1.82) is 0 Å². The zero-order valence-electron chi connectivity index (χ0n) is 15.5. The molecule has 0 radical (unpaired) electrons. The summed E-state index contributed by atoms with van der Waals surface area (Å²) in [4.78, 5) is 28.9. The van der Waals surface area contributed by atoms with Gasteiger partial charge < -0.3 is 15.0 Å². The van der Waals surface area contributed by atoms with Crippen LogP contribution in [0.5, 0.6) is 0 Å². The van der Waals surface area contributed by atoms with Crippen molar-refractivity contribution in [3.05, 3.63) is 0 Å². The molecule has 0 aromatic heterocycles. The third-order valence-corrected chi connectivity index (χ3v) is 6.05. The summed E-state index contributed by atoms with van der Waals surface area (Å²) in [5.41, 5.74) is 0. The molecule has 0 spiro atoms. The molecule has 2 aliphatic heterocycles. The number of rotatable bonds is 5. The molecule has 25 heavy (non-hydrogen) atoms. The Morgan fingerprint density at radius 2 is 1.76 bits per heavy atom. The van der Waals surface area contributed by atoms with Crippen LogP contribution >= 0.6 is 0 Å². The third-order valence-electron chi connectivity index (χ3n) is 6.05. The SMILES string of the molecule is CC(C(=O)NCC1CCCCC1)N1CCN(C(=O)C2CCCO2)CC1. The average molecular weight is 351 g/mol. The Labute approximate surface area is 151 Å². The van der Waals surface area contributed by atoms with Gasteiger partial charge in [-0.05, 0) is 38.5 Å². The van der Waals surface area contributed by atoms with Gasteiger partial charge in [0.2, 0.25) is 5.91 Å². The lowest BCUT2D eigenvalue weighted by Crippen LogP contribution is -2.56. The number of carbonyl (C=O) groups is 2. The van der Waals surface area contributed by atoms with Crippen LogP contribution < -0.4 is 5.32 Å². The Balaban J connectivity index is 1.38. The van der Waals surface area contributed by atoms with Crippen LogP contribution in [0.4, 0.5) is 0 Å². The molecule has 2 heterocycles. The molecule has 2 saturated heterocycles. The first-order valence-corrected chi connectivity index (χ1v) is 10.1. The number of hydrogen-bond acceptors (Lipinski definition) is 4. The van der Waals surface area contributed by atoms with Gasteiger partial charge in [-0.1, -0.05) is 19.3 Å². The quantitative estimate of drug-likeness (QED) is 0.813. The standard InChI is InChI=1S/C19H33N3O3/c1-15(18(23)20-14-16-6-3-2-4-7-16)21-9-11-22(12-10-21)19(24)17-8-5-13-25-17/h15-17H,2-14H2,1H3,(H,20,23). The van der Waals surface area contributed by atoms with E-state index < -0.39 is 0 Å². The number of nitrogens with one attached hydrogen (secondary N) is 1. The molecule has 1 aliphatic carbocycles. The lowest BCUT2D eigenvalue weighted by Gasteiger charge is -2.38. The molecule has 142 valence electrons. The van der Waals surface area contributed by atoms with Gasteiger partial charge >= 0.3 is 0 Å². The highest BCUT2D eigenvalue weighted by Crippen LogP contribution is 2.23. The molecule has 3 fully saturated rings. The molecule has 0 aromatic rings. The third kappa shape index (κ3) is 4.94.